The molecule has 0 radical (unpaired) electrons. The third-order valence-electron chi connectivity index (χ3n) is 4.29. The second kappa shape index (κ2) is 5.94. The molecule has 0 amide bonds. The topological polar surface area (TPSA) is 15.3 Å². The lowest BCUT2D eigenvalue weighted by Gasteiger charge is -2.26. The lowest BCUT2D eigenvalue weighted by atomic mass is 9.98. The zero-order chi connectivity index (χ0) is 13.9. The largest absolute Gasteiger partial charge is 0.309 e. The first-order chi connectivity index (χ1) is 9.79. The van der Waals surface area contributed by atoms with Crippen molar-refractivity contribution in [2.45, 2.75) is 31.8 Å². The summed E-state index contributed by atoms with van der Waals surface area (Å²) in [6, 6.07) is 16.6. The molecule has 1 aliphatic carbocycles. The van der Waals surface area contributed by atoms with Crippen LogP contribution < -0.4 is 5.32 Å². The van der Waals surface area contributed by atoms with Crippen molar-refractivity contribution in [2.24, 2.45) is 0 Å². The Morgan fingerprint density at radius 3 is 2.65 bits per heavy atom. The fourth-order valence-corrected chi connectivity index (χ4v) is 3.03. The third kappa shape index (κ3) is 2.87. The minimum absolute atomic E-state index is 0.414. The standard InChI is InChI=1S/C18H24N2/c1-3-19-18(13-20(2)15-11-12-15)17-10-6-8-14-7-4-5-9-16(14)17/h4-10,15,18-19H,3,11-13H2,1-2H3. The molecule has 1 unspecified atom stereocenters. The van der Waals surface area contributed by atoms with E-state index in [-0.39, 0.29) is 0 Å². The third-order valence-corrected chi connectivity index (χ3v) is 4.29. The molecule has 2 aromatic carbocycles. The van der Waals surface area contributed by atoms with E-state index in [1.54, 1.807) is 0 Å². The zero-order valence-corrected chi connectivity index (χ0v) is 12.5. The van der Waals surface area contributed by atoms with E-state index in [1.165, 1.54) is 29.2 Å². The molecule has 1 atom stereocenters. The van der Waals surface area contributed by atoms with Crippen LogP contribution >= 0.6 is 0 Å². The Morgan fingerprint density at radius 1 is 1.15 bits per heavy atom. The van der Waals surface area contributed by atoms with Gasteiger partial charge in [-0.2, -0.15) is 0 Å². The highest BCUT2D eigenvalue weighted by atomic mass is 15.2. The second-order valence-electron chi connectivity index (χ2n) is 5.85. The van der Waals surface area contributed by atoms with Gasteiger partial charge < -0.3 is 10.2 Å². The van der Waals surface area contributed by atoms with E-state index in [1.807, 2.05) is 0 Å². The summed E-state index contributed by atoms with van der Waals surface area (Å²) < 4.78 is 0. The van der Waals surface area contributed by atoms with Gasteiger partial charge in [-0.1, -0.05) is 49.4 Å². The predicted octanol–water partition coefficient (Wildman–Crippen LogP) is 3.58. The van der Waals surface area contributed by atoms with Gasteiger partial charge in [0, 0.05) is 18.6 Å². The van der Waals surface area contributed by atoms with E-state index >= 15 is 0 Å². The maximum Gasteiger partial charge on any atom is 0.0455 e. The number of likely N-dealkylation sites (N-methyl/N-ethyl adjacent to an activating group) is 2. The smallest absolute Gasteiger partial charge is 0.0455 e. The minimum Gasteiger partial charge on any atom is -0.309 e. The molecule has 1 fully saturated rings. The molecule has 1 saturated carbocycles. The van der Waals surface area contributed by atoms with Crippen LogP contribution in [0.25, 0.3) is 10.8 Å². The van der Waals surface area contributed by atoms with Crippen LogP contribution in [0, 0.1) is 0 Å². The summed E-state index contributed by atoms with van der Waals surface area (Å²) in [5.74, 6) is 0. The Hall–Kier alpha value is -1.38. The zero-order valence-electron chi connectivity index (χ0n) is 12.5. The highest BCUT2D eigenvalue weighted by molar-refractivity contribution is 5.86. The SMILES string of the molecule is CCNC(CN(C)C1CC1)c1cccc2ccccc12. The maximum atomic E-state index is 3.66. The molecule has 1 N–H and O–H groups in total. The lowest BCUT2D eigenvalue weighted by molar-refractivity contribution is 0.284. The Morgan fingerprint density at radius 2 is 1.90 bits per heavy atom. The number of hydrogen-bond acceptors (Lipinski definition) is 2. The van der Waals surface area contributed by atoms with E-state index in [4.69, 9.17) is 0 Å². The van der Waals surface area contributed by atoms with E-state index in [0.29, 0.717) is 6.04 Å². The van der Waals surface area contributed by atoms with E-state index in [2.05, 4.69) is 66.7 Å². The quantitative estimate of drug-likeness (QED) is 0.861. The normalized spacial score (nSPS) is 16.8. The minimum atomic E-state index is 0.414. The number of fused-ring (bicyclic) bond motifs is 1. The van der Waals surface area contributed by atoms with Crippen molar-refractivity contribution in [3.8, 4) is 0 Å². The summed E-state index contributed by atoms with van der Waals surface area (Å²) in [5, 5.41) is 6.38. The van der Waals surface area contributed by atoms with Crippen molar-refractivity contribution in [2.75, 3.05) is 20.1 Å². The average Bonchev–Trinajstić information content (AvgIpc) is 3.31. The second-order valence-corrected chi connectivity index (χ2v) is 5.85. The summed E-state index contributed by atoms with van der Waals surface area (Å²) in [6.45, 7) is 4.29. The highest BCUT2D eigenvalue weighted by Crippen LogP contribution is 2.29. The van der Waals surface area contributed by atoms with Gasteiger partial charge >= 0.3 is 0 Å². The van der Waals surface area contributed by atoms with Gasteiger partial charge in [-0.25, -0.2) is 0 Å². The Kier molecular flexibility index (Phi) is 4.04. The van der Waals surface area contributed by atoms with Gasteiger partial charge in [0.15, 0.2) is 0 Å². The average molecular weight is 268 g/mol. The van der Waals surface area contributed by atoms with E-state index in [0.717, 1.165) is 19.1 Å². The fraction of sp³-hybridized carbons (Fsp3) is 0.444. The van der Waals surface area contributed by atoms with Crippen LogP contribution in [0.1, 0.15) is 31.4 Å². The van der Waals surface area contributed by atoms with Gasteiger partial charge in [0.1, 0.15) is 0 Å². The van der Waals surface area contributed by atoms with Crippen molar-refractivity contribution in [1.82, 2.24) is 10.2 Å². The van der Waals surface area contributed by atoms with Gasteiger partial charge in [-0.05, 0) is 42.8 Å². The van der Waals surface area contributed by atoms with Crippen molar-refractivity contribution in [1.29, 1.82) is 0 Å². The Balaban J connectivity index is 1.91. The van der Waals surface area contributed by atoms with Crippen LogP contribution in [0.4, 0.5) is 0 Å². The number of benzene rings is 2. The van der Waals surface area contributed by atoms with Gasteiger partial charge in [0.25, 0.3) is 0 Å². The van der Waals surface area contributed by atoms with Crippen molar-refractivity contribution in [3.05, 3.63) is 48.0 Å². The maximum absolute atomic E-state index is 3.66. The molecule has 1 aliphatic rings. The first-order valence-corrected chi connectivity index (χ1v) is 7.71. The molecule has 2 nitrogen and oxygen atoms in total. The lowest BCUT2D eigenvalue weighted by Crippen LogP contribution is -2.34. The summed E-state index contributed by atoms with van der Waals surface area (Å²) >= 11 is 0. The monoisotopic (exact) mass is 268 g/mol. The molecule has 20 heavy (non-hydrogen) atoms. The fourth-order valence-electron chi connectivity index (χ4n) is 3.03. The molecule has 0 bridgehead atoms. The molecule has 0 aliphatic heterocycles. The number of nitrogens with one attached hydrogen (secondary N) is 1. The van der Waals surface area contributed by atoms with Crippen LogP contribution in [-0.2, 0) is 0 Å². The molecular formula is C18H24N2. The highest BCUT2D eigenvalue weighted by Gasteiger charge is 2.28. The van der Waals surface area contributed by atoms with Crippen LogP contribution in [0.3, 0.4) is 0 Å². The van der Waals surface area contributed by atoms with Crippen LogP contribution in [-0.4, -0.2) is 31.1 Å². The van der Waals surface area contributed by atoms with E-state index in [9.17, 15) is 0 Å². The molecule has 2 heteroatoms. The van der Waals surface area contributed by atoms with Gasteiger partial charge in [-0.15, -0.1) is 0 Å². The van der Waals surface area contributed by atoms with Crippen molar-refractivity contribution < 1.29 is 0 Å². The first-order valence-electron chi connectivity index (χ1n) is 7.71. The summed E-state index contributed by atoms with van der Waals surface area (Å²) in [4.78, 5) is 2.51. The number of nitrogens with zero attached hydrogens (tertiary/aromatic N) is 1. The summed E-state index contributed by atoms with van der Waals surface area (Å²) in [5.41, 5.74) is 1.43. The van der Waals surface area contributed by atoms with Gasteiger partial charge in [0.2, 0.25) is 0 Å². The molecule has 0 spiro atoms. The Bertz CT molecular complexity index is 569. The van der Waals surface area contributed by atoms with Crippen LogP contribution in [0.5, 0.6) is 0 Å². The Labute approximate surface area is 121 Å². The summed E-state index contributed by atoms with van der Waals surface area (Å²) in [7, 11) is 2.26. The number of rotatable bonds is 6. The van der Waals surface area contributed by atoms with E-state index < -0.39 is 0 Å². The predicted molar refractivity (Wildman–Crippen MR) is 86.0 cm³/mol. The van der Waals surface area contributed by atoms with Gasteiger partial charge in [0.05, 0.1) is 0 Å². The molecule has 0 saturated heterocycles. The summed E-state index contributed by atoms with van der Waals surface area (Å²) in [6.07, 6.45) is 2.73. The molecule has 106 valence electrons. The molecular weight excluding hydrogens is 244 g/mol. The molecule has 2 aromatic rings. The number of hydrogen-bond donors (Lipinski definition) is 1. The first kappa shape index (κ1) is 13.6. The molecule has 0 aromatic heterocycles. The molecule has 0 heterocycles. The van der Waals surface area contributed by atoms with Gasteiger partial charge in [-0.3, -0.25) is 0 Å². The van der Waals surface area contributed by atoms with Crippen LogP contribution in [0.2, 0.25) is 0 Å². The molecule has 3 rings (SSSR count). The van der Waals surface area contributed by atoms with Crippen molar-refractivity contribution in [3.63, 3.8) is 0 Å². The van der Waals surface area contributed by atoms with Crippen molar-refractivity contribution >= 4 is 10.8 Å². The van der Waals surface area contributed by atoms with Crippen LogP contribution in [0.15, 0.2) is 42.5 Å².